The predicted octanol–water partition coefficient (Wildman–Crippen LogP) is 4.36. The number of nitrogens with one attached hydrogen (secondary N) is 2. The highest BCUT2D eigenvalue weighted by atomic mass is 16.7. The molecule has 170 valence electrons. The lowest BCUT2D eigenvalue weighted by molar-refractivity contribution is 0.174. The van der Waals surface area contributed by atoms with Crippen molar-refractivity contribution in [1.82, 2.24) is 35.1 Å². The van der Waals surface area contributed by atoms with E-state index in [2.05, 4.69) is 25.1 Å². The third-order valence-corrected chi connectivity index (χ3v) is 5.92. The van der Waals surface area contributed by atoms with E-state index in [1.54, 1.807) is 25.7 Å². The van der Waals surface area contributed by atoms with Crippen LogP contribution in [-0.4, -0.2) is 49.0 Å². The lowest BCUT2D eigenvalue weighted by Gasteiger charge is -2.03. The first-order chi connectivity index (χ1) is 17.3. The van der Waals surface area contributed by atoms with E-state index in [1.165, 1.54) is 0 Å². The van der Waals surface area contributed by atoms with Crippen molar-refractivity contribution in [2.45, 2.75) is 0 Å². The van der Waals surface area contributed by atoms with Gasteiger partial charge in [0.15, 0.2) is 23.0 Å². The van der Waals surface area contributed by atoms with E-state index in [-0.39, 0.29) is 6.79 Å². The molecule has 0 spiro atoms. The van der Waals surface area contributed by atoms with Gasteiger partial charge in [-0.1, -0.05) is 0 Å². The Kier molecular flexibility index (Phi) is 4.19. The fourth-order valence-electron chi connectivity index (χ4n) is 4.20. The van der Waals surface area contributed by atoms with Crippen LogP contribution in [0.2, 0.25) is 0 Å². The van der Waals surface area contributed by atoms with Crippen LogP contribution in [0.1, 0.15) is 0 Å². The maximum absolute atomic E-state index is 5.53. The Morgan fingerprint density at radius 3 is 2.71 bits per heavy atom. The number of ether oxygens (including phenoxy) is 3. The third kappa shape index (κ3) is 3.15. The van der Waals surface area contributed by atoms with Gasteiger partial charge in [0.1, 0.15) is 16.8 Å². The number of pyridine rings is 3. The number of methoxy groups -OCH3 is 1. The number of hydrogen-bond acceptors (Lipinski definition) is 8. The summed E-state index contributed by atoms with van der Waals surface area (Å²) in [5.41, 5.74) is 6.90. The van der Waals surface area contributed by atoms with Gasteiger partial charge in [-0.15, -0.1) is 0 Å². The van der Waals surface area contributed by atoms with E-state index < -0.39 is 0 Å². The van der Waals surface area contributed by atoms with Crippen LogP contribution in [0.3, 0.4) is 0 Å². The Balaban J connectivity index is 1.35. The van der Waals surface area contributed by atoms with Crippen LogP contribution < -0.4 is 14.2 Å². The molecular formula is C25H17N7O3. The van der Waals surface area contributed by atoms with Crippen LogP contribution in [0.4, 0.5) is 0 Å². The fraction of sp³-hybridized carbons (Fsp3) is 0.0800. The number of fused-ring (bicyclic) bond motifs is 3. The number of nitrogens with zero attached hydrogens (tertiary/aromatic N) is 5. The molecule has 0 bridgehead atoms. The van der Waals surface area contributed by atoms with E-state index in [9.17, 15) is 0 Å². The highest BCUT2D eigenvalue weighted by Crippen LogP contribution is 2.37. The molecule has 6 heterocycles. The summed E-state index contributed by atoms with van der Waals surface area (Å²) in [5.74, 6) is 2.67. The van der Waals surface area contributed by atoms with Crippen molar-refractivity contribution in [1.29, 1.82) is 0 Å². The first kappa shape index (κ1) is 19.5. The zero-order chi connectivity index (χ0) is 23.4. The van der Waals surface area contributed by atoms with E-state index in [0.29, 0.717) is 28.5 Å². The summed E-state index contributed by atoms with van der Waals surface area (Å²) in [7, 11) is 1.61. The quantitative estimate of drug-likeness (QED) is 0.395. The van der Waals surface area contributed by atoms with E-state index in [1.807, 2.05) is 42.5 Å². The highest BCUT2D eigenvalue weighted by molar-refractivity contribution is 5.95. The minimum Gasteiger partial charge on any atom is -0.495 e. The Morgan fingerprint density at radius 1 is 0.857 bits per heavy atom. The molecule has 0 saturated heterocycles. The van der Waals surface area contributed by atoms with Gasteiger partial charge in [0, 0.05) is 23.5 Å². The van der Waals surface area contributed by atoms with Gasteiger partial charge < -0.3 is 19.2 Å². The smallest absolute Gasteiger partial charge is 0.231 e. The molecule has 10 nitrogen and oxygen atoms in total. The minimum absolute atomic E-state index is 0.218. The molecule has 0 unspecified atom stereocenters. The minimum atomic E-state index is 0.218. The predicted molar refractivity (Wildman–Crippen MR) is 128 cm³/mol. The number of benzene rings is 1. The number of imidazole rings is 1. The van der Waals surface area contributed by atoms with Crippen LogP contribution in [0.5, 0.6) is 17.2 Å². The lowest BCUT2D eigenvalue weighted by Crippen LogP contribution is -1.92. The molecule has 0 fully saturated rings. The third-order valence-electron chi connectivity index (χ3n) is 5.92. The second-order valence-corrected chi connectivity index (χ2v) is 7.99. The Bertz CT molecular complexity index is 1740. The molecule has 0 amide bonds. The zero-order valence-corrected chi connectivity index (χ0v) is 18.4. The Labute approximate surface area is 198 Å². The molecule has 0 radical (unpaired) electrons. The number of aromatic nitrogens is 7. The average molecular weight is 463 g/mol. The molecule has 5 aromatic heterocycles. The second kappa shape index (κ2) is 7.52. The monoisotopic (exact) mass is 463 g/mol. The lowest BCUT2D eigenvalue weighted by atomic mass is 10.1. The zero-order valence-electron chi connectivity index (χ0n) is 18.4. The summed E-state index contributed by atoms with van der Waals surface area (Å²) in [6.07, 6.45) is 5.16. The molecule has 35 heavy (non-hydrogen) atoms. The summed E-state index contributed by atoms with van der Waals surface area (Å²) in [5, 5.41) is 7.55. The summed E-state index contributed by atoms with van der Waals surface area (Å²) >= 11 is 0. The van der Waals surface area contributed by atoms with Crippen LogP contribution in [0, 0.1) is 0 Å². The van der Waals surface area contributed by atoms with Crippen molar-refractivity contribution in [3.05, 3.63) is 61.1 Å². The molecule has 1 aliphatic heterocycles. The molecule has 6 aromatic rings. The Hall–Kier alpha value is -4.99. The van der Waals surface area contributed by atoms with Crippen LogP contribution in [0.15, 0.2) is 61.1 Å². The van der Waals surface area contributed by atoms with Crippen molar-refractivity contribution in [3.63, 3.8) is 0 Å². The van der Waals surface area contributed by atoms with Gasteiger partial charge in [0.2, 0.25) is 6.79 Å². The number of aromatic amines is 2. The normalized spacial score (nSPS) is 12.5. The summed E-state index contributed by atoms with van der Waals surface area (Å²) in [6, 6.07) is 13.4. The van der Waals surface area contributed by atoms with E-state index >= 15 is 0 Å². The molecule has 0 atom stereocenters. The maximum atomic E-state index is 5.53. The molecule has 2 N–H and O–H groups in total. The molecular weight excluding hydrogens is 446 g/mol. The average Bonchev–Trinajstić information content (AvgIpc) is 3.65. The van der Waals surface area contributed by atoms with Gasteiger partial charge in [0.25, 0.3) is 0 Å². The van der Waals surface area contributed by atoms with Gasteiger partial charge in [-0.05, 0) is 42.5 Å². The molecule has 0 aliphatic carbocycles. The summed E-state index contributed by atoms with van der Waals surface area (Å²) in [6.45, 7) is 0.218. The summed E-state index contributed by atoms with van der Waals surface area (Å²) in [4.78, 5) is 21.9. The molecule has 10 heteroatoms. The van der Waals surface area contributed by atoms with Crippen molar-refractivity contribution in [3.8, 4) is 51.3 Å². The van der Waals surface area contributed by atoms with Crippen molar-refractivity contribution in [2.24, 2.45) is 0 Å². The first-order valence-electron chi connectivity index (χ1n) is 10.9. The van der Waals surface area contributed by atoms with Crippen molar-refractivity contribution in [2.75, 3.05) is 13.9 Å². The molecule has 7 rings (SSSR count). The van der Waals surface area contributed by atoms with Gasteiger partial charge in [-0.25, -0.2) is 9.97 Å². The SMILES string of the molecule is COc1cncc(-c2ccc3[nH]nc(-c4nc5c(-c6ccc7c(c6)OCO7)nccc5[nH]4)c3n2)c1. The van der Waals surface area contributed by atoms with E-state index in [0.717, 1.165) is 44.8 Å². The van der Waals surface area contributed by atoms with E-state index in [4.69, 9.17) is 24.2 Å². The summed E-state index contributed by atoms with van der Waals surface area (Å²) < 4.78 is 16.3. The topological polar surface area (TPSA) is 124 Å². The van der Waals surface area contributed by atoms with Gasteiger partial charge in [0.05, 0.1) is 35.7 Å². The van der Waals surface area contributed by atoms with Crippen molar-refractivity contribution >= 4 is 22.1 Å². The molecule has 1 aromatic carbocycles. The molecule has 0 saturated carbocycles. The van der Waals surface area contributed by atoms with Crippen molar-refractivity contribution < 1.29 is 14.2 Å². The molecule has 1 aliphatic rings. The second-order valence-electron chi connectivity index (χ2n) is 7.99. The standard InChI is InChI=1S/C25H17N7O3/c1-33-15-8-14(10-26-11-15)16-3-4-18-23(28-16)24(32-31-18)25-29-17-6-7-27-21(22(17)30-25)13-2-5-19-20(9-13)35-12-34-19/h2-11H,12H2,1H3,(H,29,30)(H,31,32). The largest absolute Gasteiger partial charge is 0.495 e. The fourth-order valence-corrected chi connectivity index (χ4v) is 4.20. The van der Waals surface area contributed by atoms with Gasteiger partial charge in [-0.2, -0.15) is 5.10 Å². The number of H-pyrrole nitrogens is 2. The van der Waals surface area contributed by atoms with Gasteiger partial charge in [-0.3, -0.25) is 15.1 Å². The van der Waals surface area contributed by atoms with Crippen LogP contribution >= 0.6 is 0 Å². The first-order valence-corrected chi connectivity index (χ1v) is 10.9. The van der Waals surface area contributed by atoms with Gasteiger partial charge >= 0.3 is 0 Å². The number of hydrogen-bond donors (Lipinski definition) is 2. The maximum Gasteiger partial charge on any atom is 0.231 e. The number of rotatable bonds is 4. The Morgan fingerprint density at radius 2 is 1.77 bits per heavy atom. The van der Waals surface area contributed by atoms with Crippen LogP contribution in [-0.2, 0) is 0 Å². The highest BCUT2D eigenvalue weighted by Gasteiger charge is 2.19. The van der Waals surface area contributed by atoms with Crippen LogP contribution in [0.25, 0.3) is 56.1 Å².